The minimum Gasteiger partial charge on any atom is -0.396 e. The second-order valence-electron chi connectivity index (χ2n) is 4.46. The Morgan fingerprint density at radius 1 is 1.30 bits per heavy atom. The fourth-order valence-electron chi connectivity index (χ4n) is 1.81. The number of aliphatic hydroxyl groups is 1. The SMILES string of the molecule is Cn1c(NCCCCO)nc(-c2ccncc2)cc1=O. The lowest BCUT2D eigenvalue weighted by Crippen LogP contribution is -2.22. The molecule has 0 aliphatic heterocycles. The van der Waals surface area contributed by atoms with Crippen LogP contribution in [0.5, 0.6) is 0 Å². The summed E-state index contributed by atoms with van der Waals surface area (Å²) < 4.78 is 1.48. The van der Waals surface area contributed by atoms with Gasteiger partial charge in [0.05, 0.1) is 5.69 Å². The molecule has 0 aromatic carbocycles. The number of pyridine rings is 1. The molecule has 0 aliphatic rings. The monoisotopic (exact) mass is 274 g/mol. The molecule has 0 aliphatic carbocycles. The van der Waals surface area contributed by atoms with Crippen LogP contribution in [0.1, 0.15) is 12.8 Å². The standard InChI is InChI=1S/C14H18N4O2/c1-18-13(20)10-12(11-4-7-15-8-5-11)17-14(18)16-6-2-3-9-19/h4-5,7-8,10,19H,2-3,6,9H2,1H3,(H,16,17). The zero-order chi connectivity index (χ0) is 14.4. The summed E-state index contributed by atoms with van der Waals surface area (Å²) in [5, 5.41) is 11.9. The number of hydrogen-bond donors (Lipinski definition) is 2. The fraction of sp³-hybridized carbons (Fsp3) is 0.357. The quantitative estimate of drug-likeness (QED) is 0.769. The summed E-state index contributed by atoms with van der Waals surface area (Å²) >= 11 is 0. The first-order valence-electron chi connectivity index (χ1n) is 6.55. The van der Waals surface area contributed by atoms with Crippen molar-refractivity contribution in [1.82, 2.24) is 14.5 Å². The van der Waals surface area contributed by atoms with Crippen LogP contribution in [0.3, 0.4) is 0 Å². The molecule has 6 nitrogen and oxygen atoms in total. The van der Waals surface area contributed by atoms with Crippen LogP contribution in [-0.4, -0.2) is 32.8 Å². The molecular weight excluding hydrogens is 256 g/mol. The first kappa shape index (κ1) is 14.2. The van der Waals surface area contributed by atoms with Crippen molar-refractivity contribution in [3.63, 3.8) is 0 Å². The normalized spacial score (nSPS) is 10.5. The highest BCUT2D eigenvalue weighted by Gasteiger charge is 2.06. The zero-order valence-corrected chi connectivity index (χ0v) is 11.4. The third kappa shape index (κ3) is 3.42. The van der Waals surface area contributed by atoms with Gasteiger partial charge in [-0.1, -0.05) is 0 Å². The van der Waals surface area contributed by atoms with E-state index in [4.69, 9.17) is 5.11 Å². The summed E-state index contributed by atoms with van der Waals surface area (Å²) in [6.07, 6.45) is 4.89. The maximum Gasteiger partial charge on any atom is 0.255 e. The third-order valence-electron chi connectivity index (χ3n) is 2.98. The predicted molar refractivity (Wildman–Crippen MR) is 77.5 cm³/mol. The van der Waals surface area contributed by atoms with Crippen molar-refractivity contribution in [3.8, 4) is 11.3 Å². The summed E-state index contributed by atoms with van der Waals surface area (Å²) in [4.78, 5) is 20.4. The number of rotatable bonds is 6. The summed E-state index contributed by atoms with van der Waals surface area (Å²) in [6.45, 7) is 0.839. The van der Waals surface area contributed by atoms with Gasteiger partial charge in [0.1, 0.15) is 0 Å². The van der Waals surface area contributed by atoms with Gasteiger partial charge in [-0.05, 0) is 25.0 Å². The fourth-order valence-corrected chi connectivity index (χ4v) is 1.81. The van der Waals surface area contributed by atoms with Crippen LogP contribution in [0.2, 0.25) is 0 Å². The number of anilines is 1. The number of unbranched alkanes of at least 4 members (excludes halogenated alkanes) is 1. The number of aliphatic hydroxyl groups excluding tert-OH is 1. The molecule has 0 saturated heterocycles. The maximum absolute atomic E-state index is 12.0. The molecule has 2 rings (SSSR count). The van der Waals surface area contributed by atoms with E-state index in [1.807, 2.05) is 12.1 Å². The molecule has 106 valence electrons. The lowest BCUT2D eigenvalue weighted by molar-refractivity contribution is 0.286. The third-order valence-corrected chi connectivity index (χ3v) is 2.98. The highest BCUT2D eigenvalue weighted by atomic mass is 16.2. The van der Waals surface area contributed by atoms with Gasteiger partial charge in [-0.25, -0.2) is 4.98 Å². The molecule has 6 heteroatoms. The van der Waals surface area contributed by atoms with Gasteiger partial charge >= 0.3 is 0 Å². The maximum atomic E-state index is 12.0. The highest BCUT2D eigenvalue weighted by molar-refractivity contribution is 5.59. The molecule has 2 aromatic rings. The van der Waals surface area contributed by atoms with Crippen LogP contribution in [-0.2, 0) is 7.05 Å². The van der Waals surface area contributed by atoms with E-state index >= 15 is 0 Å². The number of nitrogens with zero attached hydrogens (tertiary/aromatic N) is 3. The van der Waals surface area contributed by atoms with E-state index in [0.717, 1.165) is 18.4 Å². The topological polar surface area (TPSA) is 80.0 Å². The van der Waals surface area contributed by atoms with E-state index in [2.05, 4.69) is 15.3 Å². The molecule has 0 saturated carbocycles. The van der Waals surface area contributed by atoms with E-state index in [-0.39, 0.29) is 12.2 Å². The van der Waals surface area contributed by atoms with Crippen LogP contribution >= 0.6 is 0 Å². The molecule has 2 heterocycles. The molecule has 0 unspecified atom stereocenters. The second kappa shape index (κ2) is 6.81. The molecular formula is C14H18N4O2. The van der Waals surface area contributed by atoms with Crippen molar-refractivity contribution in [3.05, 3.63) is 40.9 Å². The van der Waals surface area contributed by atoms with Gasteiger partial charge in [0, 0.05) is 44.2 Å². The van der Waals surface area contributed by atoms with Crippen molar-refractivity contribution in [2.24, 2.45) is 7.05 Å². The second-order valence-corrected chi connectivity index (χ2v) is 4.46. The molecule has 0 amide bonds. The van der Waals surface area contributed by atoms with E-state index in [1.165, 1.54) is 10.6 Å². The predicted octanol–water partition coefficient (Wildman–Crippen LogP) is 1.03. The van der Waals surface area contributed by atoms with Crippen molar-refractivity contribution in [1.29, 1.82) is 0 Å². The van der Waals surface area contributed by atoms with Crippen molar-refractivity contribution < 1.29 is 5.11 Å². The Balaban J connectivity index is 2.24. The van der Waals surface area contributed by atoms with Crippen LogP contribution in [0.4, 0.5) is 5.95 Å². The Morgan fingerprint density at radius 3 is 2.75 bits per heavy atom. The van der Waals surface area contributed by atoms with E-state index in [0.29, 0.717) is 18.2 Å². The molecule has 0 fully saturated rings. The van der Waals surface area contributed by atoms with Gasteiger partial charge in [0.2, 0.25) is 5.95 Å². The van der Waals surface area contributed by atoms with Crippen LogP contribution in [0.15, 0.2) is 35.4 Å². The van der Waals surface area contributed by atoms with Crippen molar-refractivity contribution in [2.45, 2.75) is 12.8 Å². The molecule has 2 N–H and O–H groups in total. The smallest absolute Gasteiger partial charge is 0.255 e. The van der Waals surface area contributed by atoms with Crippen LogP contribution in [0, 0.1) is 0 Å². The summed E-state index contributed by atoms with van der Waals surface area (Å²) in [6, 6.07) is 5.14. The van der Waals surface area contributed by atoms with Crippen LogP contribution < -0.4 is 10.9 Å². The molecule has 0 spiro atoms. The Morgan fingerprint density at radius 2 is 2.05 bits per heavy atom. The Labute approximate surface area is 117 Å². The Kier molecular flexibility index (Phi) is 4.84. The lowest BCUT2D eigenvalue weighted by atomic mass is 10.2. The molecule has 0 radical (unpaired) electrons. The number of hydrogen-bond acceptors (Lipinski definition) is 5. The van der Waals surface area contributed by atoms with Gasteiger partial charge < -0.3 is 10.4 Å². The van der Waals surface area contributed by atoms with E-state index in [1.54, 1.807) is 19.4 Å². The minimum absolute atomic E-state index is 0.114. The molecule has 0 atom stereocenters. The molecule has 0 bridgehead atoms. The van der Waals surface area contributed by atoms with Crippen molar-refractivity contribution in [2.75, 3.05) is 18.5 Å². The highest BCUT2D eigenvalue weighted by Crippen LogP contribution is 2.15. The Bertz CT molecular complexity index is 610. The van der Waals surface area contributed by atoms with Crippen molar-refractivity contribution >= 4 is 5.95 Å². The van der Waals surface area contributed by atoms with Gasteiger partial charge in [0.15, 0.2) is 0 Å². The lowest BCUT2D eigenvalue weighted by Gasteiger charge is -2.11. The number of nitrogens with one attached hydrogen (secondary N) is 1. The zero-order valence-electron chi connectivity index (χ0n) is 11.4. The van der Waals surface area contributed by atoms with Gasteiger partial charge in [-0.3, -0.25) is 14.3 Å². The molecule has 2 aromatic heterocycles. The summed E-state index contributed by atoms with van der Waals surface area (Å²) in [5.41, 5.74) is 1.37. The average molecular weight is 274 g/mol. The van der Waals surface area contributed by atoms with Gasteiger partial charge in [-0.2, -0.15) is 0 Å². The van der Waals surface area contributed by atoms with E-state index < -0.39 is 0 Å². The first-order valence-corrected chi connectivity index (χ1v) is 6.55. The van der Waals surface area contributed by atoms with Gasteiger partial charge in [0.25, 0.3) is 5.56 Å². The Hall–Kier alpha value is -2.21. The largest absolute Gasteiger partial charge is 0.396 e. The average Bonchev–Trinajstić information content (AvgIpc) is 2.48. The van der Waals surface area contributed by atoms with Crippen LogP contribution in [0.25, 0.3) is 11.3 Å². The summed E-state index contributed by atoms with van der Waals surface area (Å²) in [5.74, 6) is 0.530. The first-order chi connectivity index (χ1) is 9.72. The van der Waals surface area contributed by atoms with Gasteiger partial charge in [-0.15, -0.1) is 0 Å². The minimum atomic E-state index is -0.114. The number of aromatic nitrogens is 3. The summed E-state index contributed by atoms with van der Waals surface area (Å²) in [7, 11) is 1.68. The molecule has 20 heavy (non-hydrogen) atoms. The van der Waals surface area contributed by atoms with E-state index in [9.17, 15) is 4.79 Å².